The van der Waals surface area contributed by atoms with Crippen LogP contribution >= 0.6 is 0 Å². The molecule has 1 aromatic rings. The summed E-state index contributed by atoms with van der Waals surface area (Å²) in [5.41, 5.74) is 0.569. The van der Waals surface area contributed by atoms with E-state index in [2.05, 4.69) is 23.8 Å². The second-order valence-corrected chi connectivity index (χ2v) is 11.5. The van der Waals surface area contributed by atoms with Crippen molar-refractivity contribution in [3.05, 3.63) is 23.8 Å². The van der Waals surface area contributed by atoms with Crippen LogP contribution in [0.4, 0.5) is 0 Å². The van der Waals surface area contributed by atoms with Crippen molar-refractivity contribution in [3.63, 3.8) is 0 Å². The molecule has 9 heteroatoms. The summed E-state index contributed by atoms with van der Waals surface area (Å²) in [5.74, 6) is 6.28. The summed E-state index contributed by atoms with van der Waals surface area (Å²) in [5, 5.41) is 19.3. The fourth-order valence-corrected chi connectivity index (χ4v) is 6.29. The van der Waals surface area contributed by atoms with Crippen LogP contribution in [0.25, 0.3) is 0 Å². The van der Waals surface area contributed by atoms with E-state index in [0.717, 1.165) is 32.6 Å². The van der Waals surface area contributed by atoms with Crippen LogP contribution < -0.4 is 4.74 Å². The smallest absolute Gasteiger partial charge is 0.247 e. The van der Waals surface area contributed by atoms with Gasteiger partial charge in [-0.05, 0) is 57.9 Å². The highest BCUT2D eigenvalue weighted by molar-refractivity contribution is 7.89. The van der Waals surface area contributed by atoms with E-state index in [-0.39, 0.29) is 35.8 Å². The van der Waals surface area contributed by atoms with Gasteiger partial charge in [-0.25, -0.2) is 8.42 Å². The number of hydrogen-bond donors (Lipinski definition) is 2. The predicted octanol–water partition coefficient (Wildman–Crippen LogP) is 1.55. The molecule has 1 saturated heterocycles. The summed E-state index contributed by atoms with van der Waals surface area (Å²) in [4.78, 5) is 2.32. The number of hydrogen-bond acceptors (Lipinski definition) is 7. The molecule has 0 aliphatic carbocycles. The molecule has 0 bridgehead atoms. The highest BCUT2D eigenvalue weighted by Crippen LogP contribution is 2.34. The van der Waals surface area contributed by atoms with E-state index in [4.69, 9.17) is 9.47 Å². The van der Waals surface area contributed by atoms with Crippen molar-refractivity contribution in [2.45, 2.75) is 56.8 Å². The number of aliphatic hydroxyl groups is 2. The van der Waals surface area contributed by atoms with Gasteiger partial charge in [0, 0.05) is 50.4 Å². The number of fused-ring (bicyclic) bond motifs is 1. The largest absolute Gasteiger partial charge is 0.487 e. The Hall–Kier alpha value is -1.67. The molecular formula is C25H38N2O6S. The van der Waals surface area contributed by atoms with Gasteiger partial charge in [-0.1, -0.05) is 18.8 Å². The van der Waals surface area contributed by atoms with Crippen LogP contribution in [0, 0.1) is 23.7 Å². The Morgan fingerprint density at radius 3 is 2.59 bits per heavy atom. The quantitative estimate of drug-likeness (QED) is 0.579. The molecule has 4 atom stereocenters. The van der Waals surface area contributed by atoms with E-state index < -0.39 is 22.2 Å². The zero-order valence-electron chi connectivity index (χ0n) is 20.6. The van der Waals surface area contributed by atoms with E-state index in [9.17, 15) is 18.6 Å². The van der Waals surface area contributed by atoms with Crippen molar-refractivity contribution >= 4 is 10.0 Å². The number of nitrogens with zero attached hydrogens (tertiary/aromatic N) is 2. The molecule has 2 N–H and O–H groups in total. The number of benzene rings is 1. The average molecular weight is 495 g/mol. The van der Waals surface area contributed by atoms with Gasteiger partial charge in [-0.3, -0.25) is 0 Å². The molecule has 8 nitrogen and oxygen atoms in total. The molecule has 2 heterocycles. The summed E-state index contributed by atoms with van der Waals surface area (Å²) >= 11 is 0. The Labute approximate surface area is 203 Å². The zero-order valence-corrected chi connectivity index (χ0v) is 21.4. The molecule has 0 aromatic heterocycles. The third-order valence-corrected chi connectivity index (χ3v) is 8.51. The first-order valence-electron chi connectivity index (χ1n) is 12.0. The lowest BCUT2D eigenvalue weighted by Gasteiger charge is -2.38. The third kappa shape index (κ3) is 6.72. The van der Waals surface area contributed by atoms with Crippen molar-refractivity contribution < 1.29 is 28.1 Å². The fourth-order valence-electron chi connectivity index (χ4n) is 4.46. The molecule has 0 amide bonds. The minimum atomic E-state index is -3.89. The summed E-state index contributed by atoms with van der Waals surface area (Å²) in [6, 6.07) is 4.20. The van der Waals surface area contributed by atoms with Crippen LogP contribution in [-0.4, -0.2) is 92.6 Å². The first kappa shape index (κ1) is 26.9. The standard InChI is InChI=1S/C25H38N2O6S/c1-18-14-27(19(2)17-28)34(30,31)25-8-7-21(6-5-20(3)29)13-23(25)33-24(18)16-26(4)15-22-9-11-32-12-10-22/h7-8,13,18-20,22,24,28-29H,9-12,14-17H2,1-4H3/t18-,19-,20-,24+/m0/s1. The van der Waals surface area contributed by atoms with Crippen molar-refractivity contribution in [1.82, 2.24) is 9.21 Å². The SMILES string of the molecule is C[C@H](O)C#Cc1ccc2c(c1)O[C@H](CN(C)CC1CCOCC1)[C@@H](C)CN([C@@H](C)CO)S2(=O)=O. The van der Waals surface area contributed by atoms with Gasteiger partial charge in [-0.15, -0.1) is 0 Å². The Morgan fingerprint density at radius 2 is 1.94 bits per heavy atom. The highest BCUT2D eigenvalue weighted by Gasteiger charge is 2.38. The number of likely N-dealkylation sites (N-methyl/N-ethyl adjacent to an activating group) is 1. The van der Waals surface area contributed by atoms with E-state index >= 15 is 0 Å². The molecule has 0 radical (unpaired) electrons. The lowest BCUT2D eigenvalue weighted by molar-refractivity contribution is 0.0402. The lowest BCUT2D eigenvalue weighted by atomic mass is 9.98. The zero-order chi connectivity index (χ0) is 24.9. The highest BCUT2D eigenvalue weighted by atomic mass is 32.2. The maximum Gasteiger partial charge on any atom is 0.247 e. The van der Waals surface area contributed by atoms with Gasteiger partial charge >= 0.3 is 0 Å². The molecule has 34 heavy (non-hydrogen) atoms. The Balaban J connectivity index is 1.94. The molecule has 0 saturated carbocycles. The van der Waals surface area contributed by atoms with Crippen LogP contribution in [0.3, 0.4) is 0 Å². The summed E-state index contributed by atoms with van der Waals surface area (Å²) in [7, 11) is -1.82. The van der Waals surface area contributed by atoms with Gasteiger partial charge in [0.25, 0.3) is 0 Å². The maximum absolute atomic E-state index is 13.5. The molecule has 2 aliphatic rings. The van der Waals surface area contributed by atoms with E-state index in [0.29, 0.717) is 18.0 Å². The average Bonchev–Trinajstić information content (AvgIpc) is 2.80. The Kier molecular flexibility index (Phi) is 9.38. The topological polar surface area (TPSA) is 99.5 Å². The third-order valence-electron chi connectivity index (χ3n) is 6.49. The van der Waals surface area contributed by atoms with Gasteiger partial charge in [0.15, 0.2) is 0 Å². The van der Waals surface area contributed by atoms with Crippen LogP contribution in [0.1, 0.15) is 39.2 Å². The molecule has 2 aliphatic heterocycles. The second kappa shape index (κ2) is 11.8. The monoisotopic (exact) mass is 494 g/mol. The maximum atomic E-state index is 13.5. The van der Waals surface area contributed by atoms with Gasteiger partial charge in [0.1, 0.15) is 22.9 Å². The van der Waals surface area contributed by atoms with Crippen LogP contribution in [0.2, 0.25) is 0 Å². The minimum Gasteiger partial charge on any atom is -0.487 e. The van der Waals surface area contributed by atoms with Crippen molar-refractivity contribution in [3.8, 4) is 17.6 Å². The molecule has 190 valence electrons. The van der Waals surface area contributed by atoms with Crippen LogP contribution in [-0.2, 0) is 14.8 Å². The normalized spacial score (nSPS) is 25.3. The van der Waals surface area contributed by atoms with Gasteiger partial charge in [0.05, 0.1) is 6.61 Å². The first-order valence-corrected chi connectivity index (χ1v) is 13.4. The van der Waals surface area contributed by atoms with Gasteiger partial charge in [0.2, 0.25) is 10.0 Å². The fraction of sp³-hybridized carbons (Fsp3) is 0.680. The lowest BCUT2D eigenvalue weighted by Crippen LogP contribution is -2.50. The van der Waals surface area contributed by atoms with Crippen molar-refractivity contribution in [1.29, 1.82) is 0 Å². The number of aliphatic hydroxyl groups excluding tert-OH is 2. The summed E-state index contributed by atoms with van der Waals surface area (Å²) < 4.78 is 40.3. The number of rotatable bonds is 6. The van der Waals surface area contributed by atoms with E-state index in [1.807, 2.05) is 6.92 Å². The Bertz CT molecular complexity index is 981. The van der Waals surface area contributed by atoms with Gasteiger partial charge in [-0.2, -0.15) is 4.31 Å². The van der Waals surface area contributed by atoms with Crippen molar-refractivity contribution in [2.24, 2.45) is 11.8 Å². The predicted molar refractivity (Wildman–Crippen MR) is 130 cm³/mol. The van der Waals surface area contributed by atoms with E-state index in [1.54, 1.807) is 26.0 Å². The number of sulfonamides is 1. The van der Waals surface area contributed by atoms with E-state index in [1.165, 1.54) is 10.4 Å². The summed E-state index contributed by atoms with van der Waals surface area (Å²) in [6.07, 6.45) is 1.03. The Morgan fingerprint density at radius 1 is 1.24 bits per heavy atom. The molecule has 3 rings (SSSR count). The summed E-state index contributed by atoms with van der Waals surface area (Å²) in [6.45, 7) is 8.41. The van der Waals surface area contributed by atoms with Crippen molar-refractivity contribution in [2.75, 3.05) is 46.5 Å². The molecule has 0 unspecified atom stereocenters. The van der Waals surface area contributed by atoms with Crippen LogP contribution in [0.5, 0.6) is 5.75 Å². The molecule has 1 fully saturated rings. The molecular weight excluding hydrogens is 456 g/mol. The van der Waals surface area contributed by atoms with Crippen LogP contribution in [0.15, 0.2) is 23.1 Å². The second-order valence-electron chi connectivity index (χ2n) is 9.62. The van der Waals surface area contributed by atoms with Gasteiger partial charge < -0.3 is 24.6 Å². The number of ether oxygens (including phenoxy) is 2. The molecule has 1 aromatic carbocycles. The molecule has 0 spiro atoms. The minimum absolute atomic E-state index is 0.0689. The first-order chi connectivity index (χ1) is 16.1.